The molecule has 1 aliphatic heterocycles. The summed E-state index contributed by atoms with van der Waals surface area (Å²) in [5.41, 5.74) is 3.08. The summed E-state index contributed by atoms with van der Waals surface area (Å²) in [5, 5.41) is 13.9. The minimum atomic E-state index is -0.943. The number of hydroxylamine groups is 1. The van der Waals surface area contributed by atoms with Crippen LogP contribution < -0.4 is 5.48 Å². The van der Waals surface area contributed by atoms with Crippen LogP contribution in [0.3, 0.4) is 0 Å². The Hall–Kier alpha value is -2.29. The molecule has 0 spiro atoms. The number of carbonyl (C=O) groups is 1. The van der Waals surface area contributed by atoms with E-state index in [1.807, 2.05) is 16.4 Å². The SMILES string of the molecule is Cc1c(F)cccc1[C@]1(C(=O)NO)CC[C@H](c2cnn(CCN3CCOCC3)c2)C1. The van der Waals surface area contributed by atoms with Gasteiger partial charge in [0.1, 0.15) is 5.82 Å². The van der Waals surface area contributed by atoms with E-state index < -0.39 is 11.3 Å². The summed E-state index contributed by atoms with van der Waals surface area (Å²) in [5.74, 6) is -0.683. The van der Waals surface area contributed by atoms with Crippen molar-refractivity contribution >= 4 is 5.91 Å². The van der Waals surface area contributed by atoms with Crippen molar-refractivity contribution in [2.75, 3.05) is 32.8 Å². The maximum atomic E-state index is 14.2. The summed E-state index contributed by atoms with van der Waals surface area (Å²) < 4.78 is 21.5. The highest BCUT2D eigenvalue weighted by Crippen LogP contribution is 2.49. The molecule has 1 aromatic heterocycles. The lowest BCUT2D eigenvalue weighted by Crippen LogP contribution is -2.42. The van der Waals surface area contributed by atoms with Gasteiger partial charge >= 0.3 is 0 Å². The zero-order valence-electron chi connectivity index (χ0n) is 17.3. The minimum absolute atomic E-state index is 0.127. The molecule has 4 rings (SSSR count). The third kappa shape index (κ3) is 3.99. The van der Waals surface area contributed by atoms with Crippen molar-refractivity contribution < 1.29 is 19.1 Å². The summed E-state index contributed by atoms with van der Waals surface area (Å²) in [6.07, 6.45) is 5.76. The normalized spacial score (nSPS) is 24.8. The highest BCUT2D eigenvalue weighted by molar-refractivity contribution is 5.88. The van der Waals surface area contributed by atoms with E-state index in [0.717, 1.165) is 51.4 Å². The number of morpholine rings is 1. The number of nitrogens with one attached hydrogen (secondary N) is 1. The molecule has 162 valence electrons. The third-order valence-electron chi connectivity index (χ3n) is 6.71. The average Bonchev–Trinajstić information content (AvgIpc) is 3.42. The molecule has 1 saturated heterocycles. The maximum absolute atomic E-state index is 14.2. The molecule has 2 heterocycles. The van der Waals surface area contributed by atoms with Gasteiger partial charge in [-0.2, -0.15) is 5.10 Å². The van der Waals surface area contributed by atoms with Gasteiger partial charge in [-0.25, -0.2) is 9.87 Å². The highest BCUT2D eigenvalue weighted by Gasteiger charge is 2.48. The lowest BCUT2D eigenvalue weighted by Gasteiger charge is -2.29. The van der Waals surface area contributed by atoms with Gasteiger partial charge in [-0.05, 0) is 54.9 Å². The topological polar surface area (TPSA) is 79.6 Å². The van der Waals surface area contributed by atoms with Gasteiger partial charge in [-0.15, -0.1) is 0 Å². The van der Waals surface area contributed by atoms with Gasteiger partial charge in [0, 0.05) is 25.8 Å². The lowest BCUT2D eigenvalue weighted by atomic mass is 9.75. The van der Waals surface area contributed by atoms with Crippen molar-refractivity contribution in [1.29, 1.82) is 0 Å². The number of ether oxygens (including phenoxy) is 1. The molecule has 7 nitrogen and oxygen atoms in total. The van der Waals surface area contributed by atoms with Crippen LogP contribution in [0.15, 0.2) is 30.6 Å². The van der Waals surface area contributed by atoms with Gasteiger partial charge in [0.2, 0.25) is 0 Å². The minimum Gasteiger partial charge on any atom is -0.379 e. The zero-order valence-corrected chi connectivity index (χ0v) is 17.3. The smallest absolute Gasteiger partial charge is 0.254 e. The average molecular weight is 416 g/mol. The van der Waals surface area contributed by atoms with Gasteiger partial charge in [0.05, 0.1) is 31.4 Å². The Morgan fingerprint density at radius 3 is 2.93 bits per heavy atom. The molecule has 2 fully saturated rings. The monoisotopic (exact) mass is 416 g/mol. The van der Waals surface area contributed by atoms with E-state index in [1.54, 1.807) is 19.1 Å². The van der Waals surface area contributed by atoms with E-state index in [2.05, 4.69) is 16.2 Å². The molecule has 8 heteroatoms. The van der Waals surface area contributed by atoms with Crippen LogP contribution in [-0.2, 0) is 21.5 Å². The van der Waals surface area contributed by atoms with Crippen molar-refractivity contribution in [3.63, 3.8) is 0 Å². The van der Waals surface area contributed by atoms with E-state index in [1.165, 1.54) is 6.07 Å². The van der Waals surface area contributed by atoms with Crippen LogP contribution in [0.1, 0.15) is 41.9 Å². The molecule has 30 heavy (non-hydrogen) atoms. The summed E-state index contributed by atoms with van der Waals surface area (Å²) in [6.45, 7) is 6.87. The Morgan fingerprint density at radius 2 is 2.17 bits per heavy atom. The summed E-state index contributed by atoms with van der Waals surface area (Å²) in [7, 11) is 0. The number of carbonyl (C=O) groups excluding carboxylic acids is 1. The summed E-state index contributed by atoms with van der Waals surface area (Å²) >= 11 is 0. The molecule has 0 bridgehead atoms. The van der Waals surface area contributed by atoms with Crippen molar-refractivity contribution in [1.82, 2.24) is 20.2 Å². The molecule has 2 aromatic rings. The van der Waals surface area contributed by atoms with Gasteiger partial charge in [0.15, 0.2) is 0 Å². The van der Waals surface area contributed by atoms with Crippen LogP contribution in [0, 0.1) is 12.7 Å². The van der Waals surface area contributed by atoms with Crippen molar-refractivity contribution in [2.24, 2.45) is 0 Å². The Bertz CT molecular complexity index is 896. The second-order valence-corrected chi connectivity index (χ2v) is 8.37. The van der Waals surface area contributed by atoms with E-state index in [0.29, 0.717) is 24.0 Å². The Morgan fingerprint density at radius 1 is 1.37 bits per heavy atom. The number of halogens is 1. The van der Waals surface area contributed by atoms with E-state index in [4.69, 9.17) is 4.74 Å². The number of amides is 1. The van der Waals surface area contributed by atoms with E-state index >= 15 is 0 Å². The fraction of sp³-hybridized carbons (Fsp3) is 0.545. The Labute approximate surface area is 175 Å². The van der Waals surface area contributed by atoms with Crippen LogP contribution >= 0.6 is 0 Å². The highest BCUT2D eigenvalue weighted by atomic mass is 19.1. The largest absolute Gasteiger partial charge is 0.379 e. The van der Waals surface area contributed by atoms with Crippen LogP contribution in [0.4, 0.5) is 4.39 Å². The lowest BCUT2D eigenvalue weighted by molar-refractivity contribution is -0.135. The number of rotatable bonds is 6. The first-order valence-corrected chi connectivity index (χ1v) is 10.6. The van der Waals surface area contributed by atoms with Crippen molar-refractivity contribution in [2.45, 2.75) is 44.1 Å². The number of hydrogen-bond acceptors (Lipinski definition) is 5. The van der Waals surface area contributed by atoms with E-state index in [9.17, 15) is 14.4 Å². The second kappa shape index (κ2) is 8.83. The van der Waals surface area contributed by atoms with Gasteiger partial charge in [-0.1, -0.05) is 12.1 Å². The molecule has 0 unspecified atom stereocenters. The number of aromatic nitrogens is 2. The molecule has 0 radical (unpaired) electrons. The zero-order chi connectivity index (χ0) is 21.1. The first-order valence-electron chi connectivity index (χ1n) is 10.6. The molecular weight excluding hydrogens is 387 g/mol. The molecule has 2 N–H and O–H groups in total. The standard InChI is InChI=1S/C22H29FN4O3/c1-16-19(3-2-4-20(16)23)22(21(28)25-29)6-5-17(13-22)18-14-24-27(15-18)8-7-26-9-11-30-12-10-26/h2-4,14-15,17,29H,5-13H2,1H3,(H,25,28)/t17-,22-/m0/s1. The molecular formula is C22H29FN4O3. The molecule has 1 aromatic carbocycles. The summed E-state index contributed by atoms with van der Waals surface area (Å²) in [4.78, 5) is 15.1. The second-order valence-electron chi connectivity index (χ2n) is 8.37. The van der Waals surface area contributed by atoms with E-state index in [-0.39, 0.29) is 11.7 Å². The van der Waals surface area contributed by atoms with Crippen LogP contribution in [-0.4, -0.2) is 58.6 Å². The fourth-order valence-electron chi connectivity index (χ4n) is 4.92. The number of nitrogens with zero attached hydrogens (tertiary/aromatic N) is 3. The Balaban J connectivity index is 1.49. The predicted octanol–water partition coefficient (Wildman–Crippen LogP) is 2.37. The molecule has 2 aliphatic rings. The Kier molecular flexibility index (Phi) is 6.17. The number of hydrogen-bond donors (Lipinski definition) is 2. The van der Waals surface area contributed by atoms with Crippen molar-refractivity contribution in [3.8, 4) is 0 Å². The van der Waals surface area contributed by atoms with Gasteiger partial charge in [-0.3, -0.25) is 19.6 Å². The third-order valence-corrected chi connectivity index (χ3v) is 6.71. The molecule has 1 amide bonds. The number of benzene rings is 1. The van der Waals surface area contributed by atoms with Gasteiger partial charge < -0.3 is 4.74 Å². The predicted molar refractivity (Wildman–Crippen MR) is 109 cm³/mol. The van der Waals surface area contributed by atoms with Crippen LogP contribution in [0.25, 0.3) is 0 Å². The fourth-order valence-corrected chi connectivity index (χ4v) is 4.92. The quantitative estimate of drug-likeness (QED) is 0.558. The van der Waals surface area contributed by atoms with Gasteiger partial charge in [0.25, 0.3) is 5.91 Å². The molecule has 1 aliphatic carbocycles. The first-order chi connectivity index (χ1) is 14.5. The maximum Gasteiger partial charge on any atom is 0.254 e. The van der Waals surface area contributed by atoms with Crippen molar-refractivity contribution in [3.05, 3.63) is 53.1 Å². The first kappa shape index (κ1) is 21.0. The van der Waals surface area contributed by atoms with Crippen LogP contribution in [0.2, 0.25) is 0 Å². The molecule has 2 atom stereocenters. The summed E-state index contributed by atoms with van der Waals surface area (Å²) in [6, 6.07) is 4.82. The molecule has 1 saturated carbocycles. The van der Waals surface area contributed by atoms with Crippen LogP contribution in [0.5, 0.6) is 0 Å².